The number of hydrogen-bond acceptors (Lipinski definition) is 2. The van der Waals surface area contributed by atoms with E-state index in [2.05, 4.69) is 38.6 Å². The van der Waals surface area contributed by atoms with Gasteiger partial charge in [-0.2, -0.15) is 13.2 Å². The lowest BCUT2D eigenvalue weighted by Crippen LogP contribution is -2.06. The normalized spacial score (nSPS) is 12.8. The van der Waals surface area contributed by atoms with Crippen LogP contribution < -0.4 is 0 Å². The maximum absolute atomic E-state index is 12.4. The lowest BCUT2D eigenvalue weighted by Gasteiger charge is -2.14. The minimum absolute atomic E-state index is 0.166. The van der Waals surface area contributed by atoms with Crippen LogP contribution in [0.5, 0.6) is 0 Å². The van der Waals surface area contributed by atoms with Gasteiger partial charge in [0.2, 0.25) is 0 Å². The average molecular weight is 439 g/mol. The molecule has 0 heterocycles. The van der Waals surface area contributed by atoms with Gasteiger partial charge in [-0.3, -0.25) is 0 Å². The molecule has 0 amide bonds. The zero-order chi connectivity index (χ0) is 23.1. The summed E-state index contributed by atoms with van der Waals surface area (Å²) in [5, 5.41) is 0. The summed E-state index contributed by atoms with van der Waals surface area (Å²) in [6.45, 7) is 9.08. The van der Waals surface area contributed by atoms with Gasteiger partial charge in [-0.05, 0) is 66.5 Å². The summed E-state index contributed by atoms with van der Waals surface area (Å²) in [7, 11) is 1.63. The van der Waals surface area contributed by atoms with E-state index in [4.69, 9.17) is 9.47 Å². The van der Waals surface area contributed by atoms with E-state index in [9.17, 15) is 13.2 Å². The van der Waals surface area contributed by atoms with Crippen LogP contribution in [0.4, 0.5) is 13.2 Å². The zero-order valence-electron chi connectivity index (χ0n) is 19.2. The molecule has 0 saturated carbocycles. The SMILES string of the molecule is C=C/C(=C\C(=C/CCCC)c1ccc(CCCCC(F)(F)F)cc1CC)OCCOC. The molecule has 0 radical (unpaired) electrons. The highest BCUT2D eigenvalue weighted by atomic mass is 19.4. The molecule has 5 heteroatoms. The molecular weight excluding hydrogens is 401 g/mol. The van der Waals surface area contributed by atoms with Crippen molar-refractivity contribution in [1.29, 1.82) is 0 Å². The number of alkyl halides is 3. The molecule has 0 fully saturated rings. The average Bonchev–Trinajstić information content (AvgIpc) is 2.74. The minimum atomic E-state index is -4.07. The van der Waals surface area contributed by atoms with Gasteiger partial charge in [0.1, 0.15) is 12.4 Å². The number of aryl methyl sites for hydroxylation is 2. The number of benzene rings is 1. The Morgan fingerprint density at radius 3 is 2.48 bits per heavy atom. The second kappa shape index (κ2) is 14.9. The van der Waals surface area contributed by atoms with E-state index >= 15 is 0 Å². The molecule has 0 bridgehead atoms. The molecule has 0 aliphatic carbocycles. The fourth-order valence-electron chi connectivity index (χ4n) is 3.30. The molecule has 0 unspecified atom stereocenters. The van der Waals surface area contributed by atoms with Gasteiger partial charge in [-0.1, -0.05) is 57.5 Å². The van der Waals surface area contributed by atoms with Crippen molar-refractivity contribution in [2.45, 2.75) is 71.4 Å². The van der Waals surface area contributed by atoms with E-state index in [0.29, 0.717) is 31.8 Å². The molecule has 0 atom stereocenters. The van der Waals surface area contributed by atoms with E-state index in [1.54, 1.807) is 13.2 Å². The largest absolute Gasteiger partial charge is 0.491 e. The summed E-state index contributed by atoms with van der Waals surface area (Å²) in [6, 6.07) is 6.24. The molecule has 0 aliphatic heterocycles. The van der Waals surface area contributed by atoms with Crippen LogP contribution >= 0.6 is 0 Å². The summed E-state index contributed by atoms with van der Waals surface area (Å²) in [4.78, 5) is 0. The Morgan fingerprint density at radius 2 is 1.87 bits per heavy atom. The topological polar surface area (TPSA) is 18.5 Å². The number of allylic oxidation sites excluding steroid dienone is 4. The Hall–Kier alpha value is -2.01. The summed E-state index contributed by atoms with van der Waals surface area (Å²) in [6.07, 6.45) is 6.54. The maximum Gasteiger partial charge on any atom is 0.389 e. The van der Waals surface area contributed by atoms with Crippen molar-refractivity contribution in [3.8, 4) is 0 Å². The zero-order valence-corrected chi connectivity index (χ0v) is 19.2. The van der Waals surface area contributed by atoms with Gasteiger partial charge in [0.15, 0.2) is 0 Å². The van der Waals surface area contributed by atoms with Crippen molar-refractivity contribution in [1.82, 2.24) is 0 Å². The summed E-state index contributed by atoms with van der Waals surface area (Å²) >= 11 is 0. The highest BCUT2D eigenvalue weighted by molar-refractivity contribution is 5.77. The number of methoxy groups -OCH3 is 1. The van der Waals surface area contributed by atoms with Crippen LogP contribution in [0.3, 0.4) is 0 Å². The third-order valence-corrected chi connectivity index (χ3v) is 5.01. The van der Waals surface area contributed by atoms with Crippen molar-refractivity contribution in [2.75, 3.05) is 20.3 Å². The summed E-state index contributed by atoms with van der Waals surface area (Å²) < 4.78 is 47.9. The van der Waals surface area contributed by atoms with Crippen molar-refractivity contribution in [3.63, 3.8) is 0 Å². The quantitative estimate of drug-likeness (QED) is 0.158. The van der Waals surface area contributed by atoms with Crippen LogP contribution in [0.15, 0.2) is 48.8 Å². The lowest BCUT2D eigenvalue weighted by atomic mass is 9.93. The maximum atomic E-state index is 12.4. The van der Waals surface area contributed by atoms with E-state index < -0.39 is 12.6 Å². The van der Waals surface area contributed by atoms with E-state index in [0.717, 1.165) is 42.4 Å². The fraction of sp³-hybridized carbons (Fsp3) is 0.538. The van der Waals surface area contributed by atoms with E-state index in [1.807, 2.05) is 12.1 Å². The standard InChI is InChI=1S/C26H37F3O2/c1-5-8-9-13-23(20-24(7-3)31-18-17-30-4)25-15-14-21(19-22(25)6-2)12-10-11-16-26(27,28)29/h7,13-15,19-20H,3,5-6,8-12,16-18H2,1-2,4H3/b23-13+,24-20+. The van der Waals surface area contributed by atoms with Gasteiger partial charge in [-0.15, -0.1) is 0 Å². The van der Waals surface area contributed by atoms with Crippen molar-refractivity contribution in [3.05, 3.63) is 65.5 Å². The summed E-state index contributed by atoms with van der Waals surface area (Å²) in [5.74, 6) is 0.693. The Balaban J connectivity index is 3.05. The molecule has 2 nitrogen and oxygen atoms in total. The van der Waals surface area contributed by atoms with Gasteiger partial charge in [0, 0.05) is 13.5 Å². The number of ether oxygens (including phenoxy) is 2. The van der Waals surface area contributed by atoms with Crippen LogP contribution in [-0.4, -0.2) is 26.5 Å². The predicted octanol–water partition coefficient (Wildman–Crippen LogP) is 7.83. The minimum Gasteiger partial charge on any atom is -0.491 e. The van der Waals surface area contributed by atoms with Crippen molar-refractivity contribution >= 4 is 5.57 Å². The van der Waals surface area contributed by atoms with Gasteiger partial charge < -0.3 is 9.47 Å². The molecule has 0 saturated heterocycles. The fourth-order valence-corrected chi connectivity index (χ4v) is 3.30. The lowest BCUT2D eigenvalue weighted by molar-refractivity contribution is -0.135. The molecule has 1 rings (SSSR count). The Kier molecular flexibility index (Phi) is 13.0. The van der Waals surface area contributed by atoms with Crippen molar-refractivity contribution < 1.29 is 22.6 Å². The van der Waals surface area contributed by atoms with Gasteiger partial charge >= 0.3 is 6.18 Å². The predicted molar refractivity (Wildman–Crippen MR) is 123 cm³/mol. The molecule has 1 aromatic rings. The smallest absolute Gasteiger partial charge is 0.389 e. The second-order valence-electron chi connectivity index (χ2n) is 7.56. The molecule has 0 N–H and O–H groups in total. The van der Waals surface area contributed by atoms with Crippen LogP contribution in [0.1, 0.15) is 69.1 Å². The Labute approximate surface area is 185 Å². The first kappa shape index (κ1) is 27.0. The third-order valence-electron chi connectivity index (χ3n) is 5.01. The molecule has 0 spiro atoms. The molecule has 174 valence electrons. The van der Waals surface area contributed by atoms with Crippen LogP contribution in [0.2, 0.25) is 0 Å². The van der Waals surface area contributed by atoms with Crippen LogP contribution in [-0.2, 0) is 22.3 Å². The number of halogens is 3. The van der Waals surface area contributed by atoms with Gasteiger partial charge in [0.05, 0.1) is 6.61 Å². The third kappa shape index (κ3) is 11.3. The first-order valence-electron chi connectivity index (χ1n) is 11.2. The molecule has 0 aromatic heterocycles. The first-order chi connectivity index (χ1) is 14.8. The molecule has 31 heavy (non-hydrogen) atoms. The Bertz CT molecular complexity index is 718. The highest BCUT2D eigenvalue weighted by Gasteiger charge is 2.25. The van der Waals surface area contributed by atoms with Crippen LogP contribution in [0.25, 0.3) is 5.57 Å². The second-order valence-corrected chi connectivity index (χ2v) is 7.56. The monoisotopic (exact) mass is 438 g/mol. The van der Waals surface area contributed by atoms with Gasteiger partial charge in [0.25, 0.3) is 0 Å². The van der Waals surface area contributed by atoms with E-state index in [-0.39, 0.29) is 6.42 Å². The van der Waals surface area contributed by atoms with Gasteiger partial charge in [-0.25, -0.2) is 0 Å². The number of hydrogen-bond donors (Lipinski definition) is 0. The summed E-state index contributed by atoms with van der Waals surface area (Å²) in [5.41, 5.74) is 4.49. The molecule has 1 aromatic carbocycles. The number of unbranched alkanes of at least 4 members (excludes halogenated alkanes) is 3. The van der Waals surface area contributed by atoms with Crippen molar-refractivity contribution in [2.24, 2.45) is 0 Å². The Morgan fingerprint density at radius 1 is 1.10 bits per heavy atom. The highest BCUT2D eigenvalue weighted by Crippen LogP contribution is 2.27. The first-order valence-corrected chi connectivity index (χ1v) is 11.2. The molecular formula is C26H37F3O2. The van der Waals surface area contributed by atoms with Crippen LogP contribution in [0, 0.1) is 0 Å². The molecule has 0 aliphatic rings. The van der Waals surface area contributed by atoms with E-state index in [1.165, 1.54) is 5.56 Å². The number of rotatable bonds is 15.